The molecule has 0 aromatic heterocycles. The summed E-state index contributed by atoms with van der Waals surface area (Å²) in [6, 6.07) is 5.22. The van der Waals surface area contributed by atoms with Crippen molar-refractivity contribution in [3.8, 4) is 11.5 Å². The number of unbranched alkanes of at least 4 members (excludes halogenated alkanes) is 3. The number of allylic oxidation sites excluding steroid dienone is 2. The summed E-state index contributed by atoms with van der Waals surface area (Å²) in [7, 11) is 1.53. The number of carbonyl (C=O) groups is 1. The number of phenols is 1. The van der Waals surface area contributed by atoms with Crippen molar-refractivity contribution in [1.29, 1.82) is 0 Å². The third kappa shape index (κ3) is 9.33. The highest BCUT2D eigenvalue weighted by Gasteiger charge is 2.05. The summed E-state index contributed by atoms with van der Waals surface area (Å²) in [4.78, 5) is 11.9. The normalized spacial score (nSPS) is 12.4. The van der Waals surface area contributed by atoms with Crippen molar-refractivity contribution in [2.45, 2.75) is 71.6 Å². The van der Waals surface area contributed by atoms with Crippen LogP contribution in [0.15, 0.2) is 30.4 Å². The van der Waals surface area contributed by atoms with Gasteiger partial charge in [-0.2, -0.15) is 0 Å². The number of benzene rings is 1. The van der Waals surface area contributed by atoms with E-state index in [0.29, 0.717) is 18.6 Å². The summed E-state index contributed by atoms with van der Waals surface area (Å²) in [5.41, 5.74) is 0.998. The number of aromatic hydroxyl groups is 1. The molecule has 0 spiro atoms. The summed E-state index contributed by atoms with van der Waals surface area (Å²) in [5.74, 6) is 1.53. The number of aryl methyl sites for hydroxylation is 1. The van der Waals surface area contributed by atoms with Gasteiger partial charge in [-0.05, 0) is 49.0 Å². The molecule has 0 aliphatic rings. The van der Waals surface area contributed by atoms with Crippen molar-refractivity contribution in [1.82, 2.24) is 0 Å². The molecule has 0 fully saturated rings. The average molecular weight is 347 g/mol. The van der Waals surface area contributed by atoms with E-state index in [1.165, 1.54) is 39.2 Å². The molecule has 1 atom stereocenters. The fourth-order valence-corrected chi connectivity index (χ4v) is 2.91. The highest BCUT2D eigenvalue weighted by molar-refractivity contribution is 5.89. The van der Waals surface area contributed by atoms with Gasteiger partial charge in [0.25, 0.3) is 0 Å². The summed E-state index contributed by atoms with van der Waals surface area (Å²) < 4.78 is 5.09. The lowest BCUT2D eigenvalue weighted by molar-refractivity contribution is -0.114. The fourth-order valence-electron chi connectivity index (χ4n) is 2.91. The first-order valence-electron chi connectivity index (χ1n) is 9.62. The van der Waals surface area contributed by atoms with Crippen LogP contribution in [0.1, 0.15) is 70.8 Å². The molecule has 0 radical (unpaired) electrons. The van der Waals surface area contributed by atoms with Crippen molar-refractivity contribution in [2.75, 3.05) is 7.11 Å². The van der Waals surface area contributed by atoms with Crippen molar-refractivity contribution in [3.63, 3.8) is 0 Å². The van der Waals surface area contributed by atoms with Crippen LogP contribution in [0.5, 0.6) is 11.5 Å². The third-order valence-electron chi connectivity index (χ3n) is 4.58. The van der Waals surface area contributed by atoms with E-state index in [0.717, 1.165) is 24.3 Å². The molecule has 0 aliphatic heterocycles. The van der Waals surface area contributed by atoms with Gasteiger partial charge in [-0.1, -0.05) is 58.1 Å². The van der Waals surface area contributed by atoms with Gasteiger partial charge < -0.3 is 9.84 Å². The second-order valence-electron chi connectivity index (χ2n) is 6.91. The summed E-state index contributed by atoms with van der Waals surface area (Å²) in [5, 5.41) is 9.58. The first-order valence-corrected chi connectivity index (χ1v) is 9.62. The second kappa shape index (κ2) is 12.6. The zero-order valence-electron chi connectivity index (χ0n) is 16.1. The molecule has 0 aliphatic carbocycles. The van der Waals surface area contributed by atoms with Gasteiger partial charge in [-0.15, -0.1) is 0 Å². The molecule has 140 valence electrons. The highest BCUT2D eigenvalue weighted by Crippen LogP contribution is 2.26. The average Bonchev–Trinajstić information content (AvgIpc) is 2.61. The van der Waals surface area contributed by atoms with Crippen LogP contribution in [-0.2, 0) is 11.2 Å². The molecular weight excluding hydrogens is 312 g/mol. The van der Waals surface area contributed by atoms with E-state index in [-0.39, 0.29) is 11.5 Å². The first kappa shape index (κ1) is 21.3. The lowest BCUT2D eigenvalue weighted by Crippen LogP contribution is -1.97. The van der Waals surface area contributed by atoms with Gasteiger partial charge in [-0.25, -0.2) is 0 Å². The SMILES string of the molecule is CCCCC[C@H](C)CCC/C=C/C(=O)CCc1ccc(O)c(OC)c1. The Bertz CT molecular complexity index is 534. The molecule has 3 heteroatoms. The lowest BCUT2D eigenvalue weighted by Gasteiger charge is -2.09. The summed E-state index contributed by atoms with van der Waals surface area (Å²) in [6.07, 6.45) is 13.6. The van der Waals surface area contributed by atoms with Crippen molar-refractivity contribution in [2.24, 2.45) is 5.92 Å². The molecule has 25 heavy (non-hydrogen) atoms. The van der Waals surface area contributed by atoms with Crippen molar-refractivity contribution >= 4 is 5.78 Å². The van der Waals surface area contributed by atoms with Crippen molar-refractivity contribution < 1.29 is 14.6 Å². The number of phenolic OH excluding ortho intramolecular Hbond substituents is 1. The topological polar surface area (TPSA) is 46.5 Å². The monoisotopic (exact) mass is 346 g/mol. The van der Waals surface area contributed by atoms with E-state index in [1.807, 2.05) is 12.1 Å². The van der Waals surface area contributed by atoms with Crippen LogP contribution in [0.25, 0.3) is 0 Å². The van der Waals surface area contributed by atoms with Crippen molar-refractivity contribution in [3.05, 3.63) is 35.9 Å². The van der Waals surface area contributed by atoms with Gasteiger partial charge in [-0.3, -0.25) is 4.79 Å². The Labute approximate surface area is 153 Å². The Morgan fingerprint density at radius 2 is 2.00 bits per heavy atom. The number of methoxy groups -OCH3 is 1. The molecule has 0 amide bonds. The maximum atomic E-state index is 11.9. The van der Waals surface area contributed by atoms with E-state index in [2.05, 4.69) is 13.8 Å². The Kier molecular flexibility index (Phi) is 10.7. The highest BCUT2D eigenvalue weighted by atomic mass is 16.5. The van der Waals surface area contributed by atoms with Gasteiger partial charge >= 0.3 is 0 Å². The Morgan fingerprint density at radius 3 is 2.72 bits per heavy atom. The van der Waals surface area contributed by atoms with E-state index in [1.54, 1.807) is 18.2 Å². The molecule has 0 saturated heterocycles. The fraction of sp³-hybridized carbons (Fsp3) is 0.591. The van der Waals surface area contributed by atoms with Gasteiger partial charge in [0.15, 0.2) is 17.3 Å². The number of carbonyl (C=O) groups excluding carboxylic acids is 1. The summed E-state index contributed by atoms with van der Waals surface area (Å²) in [6.45, 7) is 4.57. The minimum atomic E-state index is 0.126. The third-order valence-corrected chi connectivity index (χ3v) is 4.58. The van der Waals surface area contributed by atoms with Crippen LogP contribution < -0.4 is 4.74 Å². The molecule has 0 unspecified atom stereocenters. The smallest absolute Gasteiger partial charge is 0.160 e. The van der Waals surface area contributed by atoms with E-state index in [9.17, 15) is 9.90 Å². The number of rotatable bonds is 13. The second-order valence-corrected chi connectivity index (χ2v) is 6.91. The molecule has 1 aromatic rings. The number of hydrogen-bond acceptors (Lipinski definition) is 3. The van der Waals surface area contributed by atoms with Crippen LogP contribution in [0, 0.1) is 5.92 Å². The maximum Gasteiger partial charge on any atom is 0.160 e. The van der Waals surface area contributed by atoms with E-state index in [4.69, 9.17) is 4.74 Å². The minimum absolute atomic E-state index is 0.126. The molecule has 3 nitrogen and oxygen atoms in total. The molecular formula is C22H34O3. The predicted octanol–water partition coefficient (Wildman–Crippen LogP) is 5.85. The number of hydrogen-bond donors (Lipinski definition) is 1. The molecule has 1 N–H and O–H groups in total. The molecule has 1 aromatic carbocycles. The standard InChI is InChI=1S/C22H34O3/c1-4-5-7-10-18(2)11-8-6-9-12-20(23)15-13-19-14-16-21(24)22(17-19)25-3/h9,12,14,16-18,24H,4-8,10-11,13,15H2,1-3H3/b12-9+/t18-/m0/s1. The molecule has 1 rings (SSSR count). The first-order chi connectivity index (χ1) is 12.1. The van der Waals surface area contributed by atoms with Crippen LogP contribution in [-0.4, -0.2) is 18.0 Å². The van der Waals surface area contributed by atoms with Gasteiger partial charge in [0, 0.05) is 6.42 Å². The Balaban J connectivity index is 2.20. The predicted molar refractivity (Wildman–Crippen MR) is 104 cm³/mol. The van der Waals surface area contributed by atoms with E-state index < -0.39 is 0 Å². The zero-order valence-corrected chi connectivity index (χ0v) is 16.1. The van der Waals surface area contributed by atoms with E-state index >= 15 is 0 Å². The zero-order chi connectivity index (χ0) is 18.5. The largest absolute Gasteiger partial charge is 0.504 e. The van der Waals surface area contributed by atoms with Crippen LogP contribution in [0.3, 0.4) is 0 Å². The van der Waals surface area contributed by atoms with Gasteiger partial charge in [0.05, 0.1) is 7.11 Å². The maximum absolute atomic E-state index is 11.9. The Morgan fingerprint density at radius 1 is 1.24 bits per heavy atom. The molecule has 0 heterocycles. The molecule has 0 saturated carbocycles. The quantitative estimate of drug-likeness (QED) is 0.360. The summed E-state index contributed by atoms with van der Waals surface area (Å²) >= 11 is 0. The number of ether oxygens (including phenoxy) is 1. The Hall–Kier alpha value is -1.77. The number of ketones is 1. The van der Waals surface area contributed by atoms with Crippen LogP contribution >= 0.6 is 0 Å². The molecule has 0 bridgehead atoms. The van der Waals surface area contributed by atoms with Crippen LogP contribution in [0.2, 0.25) is 0 Å². The van der Waals surface area contributed by atoms with Crippen LogP contribution in [0.4, 0.5) is 0 Å². The lowest BCUT2D eigenvalue weighted by atomic mass is 9.97. The minimum Gasteiger partial charge on any atom is -0.504 e. The van der Waals surface area contributed by atoms with Gasteiger partial charge in [0.1, 0.15) is 0 Å². The van der Waals surface area contributed by atoms with Gasteiger partial charge in [0.2, 0.25) is 0 Å².